The van der Waals surface area contributed by atoms with Gasteiger partial charge in [0.2, 0.25) is 0 Å². The molecule has 5 aliphatic rings. The summed E-state index contributed by atoms with van der Waals surface area (Å²) in [4.78, 5) is 29.8. The number of fused-ring (bicyclic) bond motifs is 5. The molecule has 0 radical (unpaired) electrons. The van der Waals surface area contributed by atoms with Crippen LogP contribution >= 0.6 is 15.9 Å². The molecule has 3 fully saturated rings. The van der Waals surface area contributed by atoms with Gasteiger partial charge in [-0.3, -0.25) is 0 Å². The molecule has 0 N–H and O–H groups in total. The second-order valence-electron chi connectivity index (χ2n) is 11.1. The number of methoxy groups -OCH3 is 1. The van der Waals surface area contributed by atoms with Gasteiger partial charge in [-0.2, -0.15) is 0 Å². The summed E-state index contributed by atoms with van der Waals surface area (Å²) < 4.78 is 43.4. The van der Waals surface area contributed by atoms with E-state index in [1.165, 1.54) is 7.11 Å². The highest BCUT2D eigenvalue weighted by atomic mass is 79.9. The lowest BCUT2D eigenvalue weighted by molar-refractivity contribution is -0.237. The van der Waals surface area contributed by atoms with Gasteiger partial charge in [-0.1, -0.05) is 28.1 Å². The van der Waals surface area contributed by atoms with Gasteiger partial charge in [0.25, 0.3) is 0 Å². The fourth-order valence-electron chi connectivity index (χ4n) is 6.66. The molecular weight excluding hydrogens is 574 g/mol. The van der Waals surface area contributed by atoms with E-state index < -0.39 is 59.6 Å². The van der Waals surface area contributed by atoms with Crippen LogP contribution < -0.4 is 0 Å². The molecule has 6 atom stereocenters. The van der Waals surface area contributed by atoms with E-state index >= 15 is 0 Å². The average Bonchev–Trinajstić information content (AvgIpc) is 3.57. The van der Waals surface area contributed by atoms with E-state index in [1.807, 2.05) is 38.1 Å². The van der Waals surface area contributed by atoms with Crippen molar-refractivity contribution < 1.29 is 42.7 Å². The maximum absolute atomic E-state index is 14.0. The molecule has 11 heteroatoms. The Balaban J connectivity index is 1.67. The van der Waals surface area contributed by atoms with Crippen LogP contribution in [0.4, 0.5) is 0 Å². The first-order valence-electron chi connectivity index (χ1n) is 13.0. The van der Waals surface area contributed by atoms with Gasteiger partial charge in [0, 0.05) is 16.2 Å². The number of benzene rings is 1. The minimum absolute atomic E-state index is 0.145. The number of hydrogen-bond acceptors (Lipinski definition) is 10. The number of esters is 2. The second kappa shape index (κ2) is 9.12. The zero-order valence-corrected chi connectivity index (χ0v) is 24.3. The van der Waals surface area contributed by atoms with E-state index in [0.717, 1.165) is 15.6 Å². The van der Waals surface area contributed by atoms with Crippen molar-refractivity contribution in [2.24, 2.45) is 5.41 Å². The van der Waals surface area contributed by atoms with Crippen molar-refractivity contribution >= 4 is 39.6 Å². The quantitative estimate of drug-likeness (QED) is 0.473. The average molecular weight is 606 g/mol. The van der Waals surface area contributed by atoms with Crippen molar-refractivity contribution in [2.75, 3.05) is 20.3 Å². The Morgan fingerprint density at radius 2 is 1.87 bits per heavy atom. The van der Waals surface area contributed by atoms with E-state index in [1.54, 1.807) is 31.9 Å². The van der Waals surface area contributed by atoms with Crippen LogP contribution in [0.3, 0.4) is 0 Å². The van der Waals surface area contributed by atoms with Gasteiger partial charge in [0.05, 0.1) is 37.0 Å². The summed E-state index contributed by atoms with van der Waals surface area (Å²) in [6.07, 6.45) is 0.418. The van der Waals surface area contributed by atoms with E-state index in [-0.39, 0.29) is 18.8 Å². The molecule has 210 valence electrons. The first kappa shape index (κ1) is 26.9. The van der Waals surface area contributed by atoms with E-state index in [4.69, 9.17) is 33.2 Å². The Hall–Kier alpha value is -2.28. The van der Waals surface area contributed by atoms with Gasteiger partial charge in [-0.15, -0.1) is 0 Å². The van der Waals surface area contributed by atoms with Crippen LogP contribution in [0.2, 0.25) is 0 Å². The molecule has 0 aliphatic carbocycles. The van der Waals surface area contributed by atoms with Crippen LogP contribution in [-0.4, -0.2) is 79.4 Å². The van der Waals surface area contributed by atoms with E-state index in [9.17, 15) is 9.59 Å². The number of hydrogen-bond donors (Lipinski definition) is 0. The van der Waals surface area contributed by atoms with Crippen LogP contribution in [0.5, 0.6) is 0 Å². The third-order valence-electron chi connectivity index (χ3n) is 7.92. The van der Waals surface area contributed by atoms with Crippen LogP contribution in [-0.2, 0) is 42.7 Å². The van der Waals surface area contributed by atoms with Gasteiger partial charge in [0.15, 0.2) is 17.9 Å². The molecule has 0 amide bonds. The molecular formula is C28H32BrNO9. The second-order valence-corrected chi connectivity index (χ2v) is 11.9. The van der Waals surface area contributed by atoms with Crippen LogP contribution in [0, 0.1) is 5.41 Å². The number of ether oxygens (including phenoxy) is 7. The Morgan fingerprint density at radius 3 is 2.54 bits per heavy atom. The van der Waals surface area contributed by atoms with Crippen LogP contribution in [0.25, 0.3) is 11.8 Å². The first-order valence-corrected chi connectivity index (χ1v) is 13.8. The summed E-state index contributed by atoms with van der Waals surface area (Å²) in [7, 11) is 1.32. The normalized spacial score (nSPS) is 35.3. The molecule has 1 spiro atoms. The Morgan fingerprint density at radius 1 is 1.10 bits per heavy atom. The zero-order chi connectivity index (χ0) is 27.9. The van der Waals surface area contributed by atoms with Gasteiger partial charge < -0.3 is 38.1 Å². The standard InChI is InChI=1S/C28H32BrNO9/c1-7-34-24(32)20-28(18(23(31)33-6)19-15-9-8-10-16(29)14(15)11-12-30(19)20)21(17-13-35-26(2,3)37-17)36-25-22(28)38-27(4,5)39-25/h8-12,17,20-22,25H,7,13H2,1-6H3/t17-,20+,21-,22+,25-,28-/m1/s1. The summed E-state index contributed by atoms with van der Waals surface area (Å²) >= 11 is 3.63. The molecule has 0 saturated carbocycles. The highest BCUT2D eigenvalue weighted by Crippen LogP contribution is 2.63. The zero-order valence-electron chi connectivity index (χ0n) is 22.7. The van der Waals surface area contributed by atoms with Crippen molar-refractivity contribution in [1.29, 1.82) is 0 Å². The Labute approximate surface area is 235 Å². The highest BCUT2D eigenvalue weighted by Gasteiger charge is 2.77. The molecule has 0 unspecified atom stereocenters. The Kier molecular flexibility index (Phi) is 6.29. The van der Waals surface area contributed by atoms with Crippen molar-refractivity contribution in [3.63, 3.8) is 0 Å². The maximum atomic E-state index is 14.0. The molecule has 5 heterocycles. The van der Waals surface area contributed by atoms with Crippen LogP contribution in [0.15, 0.2) is 34.4 Å². The van der Waals surface area contributed by atoms with Crippen molar-refractivity contribution in [3.05, 3.63) is 45.6 Å². The van der Waals surface area contributed by atoms with Gasteiger partial charge >= 0.3 is 11.9 Å². The molecule has 5 aliphatic heterocycles. The van der Waals surface area contributed by atoms with Gasteiger partial charge in [-0.25, -0.2) is 9.59 Å². The predicted octanol–water partition coefficient (Wildman–Crippen LogP) is 3.58. The van der Waals surface area contributed by atoms with E-state index in [2.05, 4.69) is 15.9 Å². The summed E-state index contributed by atoms with van der Waals surface area (Å²) in [5.74, 6) is -3.07. The molecule has 0 bridgehead atoms. The van der Waals surface area contributed by atoms with Crippen molar-refractivity contribution in [3.8, 4) is 0 Å². The number of carbonyl (C=O) groups excluding carboxylic acids is 2. The predicted molar refractivity (Wildman–Crippen MR) is 140 cm³/mol. The fraction of sp³-hybridized carbons (Fsp3) is 0.571. The lowest BCUT2D eigenvalue weighted by atomic mass is 9.66. The van der Waals surface area contributed by atoms with Gasteiger partial charge in [-0.05, 0) is 52.3 Å². The molecule has 1 aromatic carbocycles. The van der Waals surface area contributed by atoms with Gasteiger partial charge in [0.1, 0.15) is 24.4 Å². The van der Waals surface area contributed by atoms with Crippen molar-refractivity contribution in [2.45, 2.75) is 76.8 Å². The van der Waals surface area contributed by atoms with Crippen LogP contribution in [0.1, 0.15) is 45.7 Å². The molecule has 10 nitrogen and oxygen atoms in total. The number of carbonyl (C=O) groups is 2. The minimum Gasteiger partial charge on any atom is -0.466 e. The van der Waals surface area contributed by atoms with Crippen molar-refractivity contribution in [1.82, 2.24) is 4.90 Å². The minimum atomic E-state index is -1.43. The first-order chi connectivity index (χ1) is 18.4. The van der Waals surface area contributed by atoms with E-state index in [0.29, 0.717) is 5.70 Å². The maximum Gasteiger partial charge on any atom is 0.336 e. The third kappa shape index (κ3) is 3.85. The topological polar surface area (TPSA) is 102 Å². The summed E-state index contributed by atoms with van der Waals surface area (Å²) in [6.45, 7) is 9.23. The molecule has 6 rings (SSSR count). The molecule has 3 saturated heterocycles. The largest absolute Gasteiger partial charge is 0.466 e. The summed E-state index contributed by atoms with van der Waals surface area (Å²) in [6, 6.07) is 4.67. The third-order valence-corrected chi connectivity index (χ3v) is 8.61. The SMILES string of the molecule is CCOC(=O)[C@@H]1N2C=Cc3c(Br)cccc3C2=C(C(=O)OC)[C@]12[C@@H]([C@H]1COC(C)(C)O1)O[C@@H]1OC(C)(C)O[C@@H]12. The monoisotopic (exact) mass is 605 g/mol. The highest BCUT2D eigenvalue weighted by molar-refractivity contribution is 9.10. The number of nitrogens with zero attached hydrogens (tertiary/aromatic N) is 1. The number of halogens is 1. The fourth-order valence-corrected chi connectivity index (χ4v) is 7.16. The summed E-state index contributed by atoms with van der Waals surface area (Å²) in [5, 5.41) is 0. The lowest BCUT2D eigenvalue weighted by Gasteiger charge is -2.42. The summed E-state index contributed by atoms with van der Waals surface area (Å²) in [5.41, 5.74) is 0.957. The lowest BCUT2D eigenvalue weighted by Crippen LogP contribution is -2.60. The smallest absolute Gasteiger partial charge is 0.336 e. The number of rotatable bonds is 4. The molecule has 1 aromatic rings. The molecule has 0 aromatic heterocycles. The Bertz CT molecular complexity index is 1290. The molecule has 39 heavy (non-hydrogen) atoms.